The molecular formula is C24H27O2P. The van der Waals surface area contributed by atoms with Gasteiger partial charge in [-0.2, -0.15) is 0 Å². The van der Waals surface area contributed by atoms with Crippen LogP contribution in [0.25, 0.3) is 0 Å². The van der Waals surface area contributed by atoms with E-state index in [1.54, 1.807) is 0 Å². The maximum Gasteiger partial charge on any atom is 0.303 e. The van der Waals surface area contributed by atoms with Gasteiger partial charge in [0.15, 0.2) is 0 Å². The molecule has 3 heteroatoms. The summed E-state index contributed by atoms with van der Waals surface area (Å²) in [6.07, 6.45) is 0. The molecule has 0 aliphatic heterocycles. The Morgan fingerprint density at radius 2 is 0.963 bits per heavy atom. The molecule has 0 fully saturated rings. The largest absolute Gasteiger partial charge is 0.460 e. The highest BCUT2D eigenvalue weighted by Gasteiger charge is 2.15. The molecule has 0 saturated heterocycles. The first kappa shape index (κ1) is 20.9. The van der Waals surface area contributed by atoms with E-state index in [0.29, 0.717) is 0 Å². The van der Waals surface area contributed by atoms with Crippen molar-refractivity contribution in [2.24, 2.45) is 0 Å². The summed E-state index contributed by atoms with van der Waals surface area (Å²) in [5.41, 5.74) is -0.328. The molecule has 0 amide bonds. The van der Waals surface area contributed by atoms with Crippen molar-refractivity contribution in [3.8, 4) is 0 Å². The summed E-state index contributed by atoms with van der Waals surface area (Å²) in [4.78, 5) is 10.2. The first-order valence-electron chi connectivity index (χ1n) is 9.02. The molecule has 140 valence electrons. The van der Waals surface area contributed by atoms with Gasteiger partial charge in [0.05, 0.1) is 0 Å². The second-order valence-corrected chi connectivity index (χ2v) is 9.27. The highest BCUT2D eigenvalue weighted by Crippen LogP contribution is 2.32. The maximum absolute atomic E-state index is 10.2. The van der Waals surface area contributed by atoms with Crippen LogP contribution < -0.4 is 15.9 Å². The number of rotatable bonds is 3. The molecule has 0 aromatic heterocycles. The molecule has 0 unspecified atom stereocenters. The lowest BCUT2D eigenvalue weighted by Crippen LogP contribution is -2.21. The lowest BCUT2D eigenvalue weighted by Gasteiger charge is -2.18. The van der Waals surface area contributed by atoms with Crippen molar-refractivity contribution in [2.45, 2.75) is 33.3 Å². The van der Waals surface area contributed by atoms with E-state index in [2.05, 4.69) is 91.0 Å². The molecule has 0 aliphatic rings. The minimum Gasteiger partial charge on any atom is -0.460 e. The zero-order valence-electron chi connectivity index (χ0n) is 16.4. The SMILES string of the molecule is CC(=O)OC(C)(C)C.c1ccc(P(c2ccccc2)c2ccccc2)cc1. The standard InChI is InChI=1S/C18H15P.C6H12O2/c1-4-10-16(11-5-1)19(17-12-6-2-7-13-17)18-14-8-3-9-15-18;1-5(7)8-6(2,3)4/h1-15H;1-4H3. The molecule has 0 heterocycles. The van der Waals surface area contributed by atoms with E-state index < -0.39 is 7.92 Å². The highest BCUT2D eigenvalue weighted by atomic mass is 31.1. The van der Waals surface area contributed by atoms with Gasteiger partial charge in [-0.15, -0.1) is 0 Å². The fourth-order valence-corrected chi connectivity index (χ4v) is 4.91. The lowest BCUT2D eigenvalue weighted by molar-refractivity contribution is -0.151. The molecule has 3 rings (SSSR count). The van der Waals surface area contributed by atoms with Crippen LogP contribution in [-0.2, 0) is 9.53 Å². The Balaban J connectivity index is 0.000000279. The Morgan fingerprint density at radius 1 is 0.667 bits per heavy atom. The molecule has 3 aromatic rings. The van der Waals surface area contributed by atoms with Gasteiger partial charge in [-0.3, -0.25) is 4.79 Å². The van der Waals surface area contributed by atoms with Gasteiger partial charge < -0.3 is 4.74 Å². The number of ether oxygens (including phenoxy) is 1. The molecule has 0 bridgehead atoms. The Hall–Kier alpha value is -2.44. The van der Waals surface area contributed by atoms with Crippen LogP contribution in [0.15, 0.2) is 91.0 Å². The summed E-state index contributed by atoms with van der Waals surface area (Å²) >= 11 is 0. The fraction of sp³-hybridized carbons (Fsp3) is 0.208. The molecule has 2 nitrogen and oxygen atoms in total. The summed E-state index contributed by atoms with van der Waals surface area (Å²) in [6, 6.07) is 32.3. The topological polar surface area (TPSA) is 26.3 Å². The van der Waals surface area contributed by atoms with Crippen molar-refractivity contribution in [3.05, 3.63) is 91.0 Å². The molecule has 3 aromatic carbocycles. The van der Waals surface area contributed by atoms with E-state index >= 15 is 0 Å². The van der Waals surface area contributed by atoms with Crippen LogP contribution >= 0.6 is 7.92 Å². The van der Waals surface area contributed by atoms with Crippen LogP contribution in [0, 0.1) is 0 Å². The summed E-state index contributed by atoms with van der Waals surface area (Å²) < 4.78 is 4.80. The predicted molar refractivity (Wildman–Crippen MR) is 117 cm³/mol. The third kappa shape index (κ3) is 7.37. The first-order valence-corrected chi connectivity index (χ1v) is 10.4. The van der Waals surface area contributed by atoms with E-state index in [0.717, 1.165) is 0 Å². The van der Waals surface area contributed by atoms with Crippen LogP contribution in [0.2, 0.25) is 0 Å². The van der Waals surface area contributed by atoms with Gasteiger partial charge in [0.2, 0.25) is 0 Å². The summed E-state index contributed by atoms with van der Waals surface area (Å²) in [6.45, 7) is 6.93. The van der Waals surface area contributed by atoms with Gasteiger partial charge in [-0.1, -0.05) is 91.0 Å². The highest BCUT2D eigenvalue weighted by molar-refractivity contribution is 7.79. The Morgan fingerprint density at radius 3 is 1.15 bits per heavy atom. The van der Waals surface area contributed by atoms with Gasteiger partial charge in [-0.25, -0.2) is 0 Å². The number of carbonyl (C=O) groups is 1. The first-order chi connectivity index (χ1) is 12.9. The number of hydrogen-bond donors (Lipinski definition) is 0. The number of esters is 1. The fourth-order valence-electron chi connectivity index (χ4n) is 2.61. The van der Waals surface area contributed by atoms with Crippen LogP contribution in [0.1, 0.15) is 27.7 Å². The predicted octanol–water partition coefficient (Wildman–Crippen LogP) is 4.79. The number of carbonyl (C=O) groups excluding carboxylic acids is 1. The number of hydrogen-bond acceptors (Lipinski definition) is 2. The summed E-state index contributed by atoms with van der Waals surface area (Å²) in [5, 5.41) is 4.19. The maximum atomic E-state index is 10.2. The van der Waals surface area contributed by atoms with E-state index in [1.807, 2.05) is 20.8 Å². The van der Waals surface area contributed by atoms with Crippen molar-refractivity contribution in [2.75, 3.05) is 0 Å². The Kier molecular flexibility index (Phi) is 7.76. The minimum absolute atomic E-state index is 0.225. The monoisotopic (exact) mass is 378 g/mol. The van der Waals surface area contributed by atoms with Crippen molar-refractivity contribution in [1.29, 1.82) is 0 Å². The van der Waals surface area contributed by atoms with Gasteiger partial charge in [0.25, 0.3) is 0 Å². The van der Waals surface area contributed by atoms with E-state index in [1.165, 1.54) is 22.8 Å². The van der Waals surface area contributed by atoms with Crippen molar-refractivity contribution in [3.63, 3.8) is 0 Å². The van der Waals surface area contributed by atoms with E-state index in [4.69, 9.17) is 4.74 Å². The summed E-state index contributed by atoms with van der Waals surface area (Å²) in [5.74, 6) is -0.225. The number of benzene rings is 3. The van der Waals surface area contributed by atoms with E-state index in [9.17, 15) is 4.79 Å². The quantitative estimate of drug-likeness (QED) is 0.484. The minimum atomic E-state index is -0.446. The molecule has 0 aliphatic carbocycles. The zero-order chi connectivity index (χ0) is 19.7. The molecular weight excluding hydrogens is 351 g/mol. The van der Waals surface area contributed by atoms with Crippen LogP contribution in [0.3, 0.4) is 0 Å². The van der Waals surface area contributed by atoms with Gasteiger partial charge >= 0.3 is 5.97 Å². The Bertz CT molecular complexity index is 715. The molecule has 0 spiro atoms. The van der Waals surface area contributed by atoms with Gasteiger partial charge in [-0.05, 0) is 44.6 Å². The van der Waals surface area contributed by atoms with E-state index in [-0.39, 0.29) is 11.6 Å². The second-order valence-electron chi connectivity index (χ2n) is 7.05. The third-order valence-corrected chi connectivity index (χ3v) is 5.94. The second kappa shape index (κ2) is 10.0. The third-order valence-electron chi connectivity index (χ3n) is 3.49. The normalized spacial score (nSPS) is 10.7. The van der Waals surface area contributed by atoms with Crippen molar-refractivity contribution < 1.29 is 9.53 Å². The Labute approximate surface area is 164 Å². The average molecular weight is 378 g/mol. The van der Waals surface area contributed by atoms with Crippen LogP contribution in [-0.4, -0.2) is 11.6 Å². The zero-order valence-corrected chi connectivity index (χ0v) is 17.3. The molecule has 0 atom stereocenters. The van der Waals surface area contributed by atoms with Crippen LogP contribution in [0.5, 0.6) is 0 Å². The molecule has 0 saturated carbocycles. The van der Waals surface area contributed by atoms with Gasteiger partial charge in [0, 0.05) is 6.92 Å². The summed E-state index contributed by atoms with van der Waals surface area (Å²) in [7, 11) is -0.446. The molecule has 27 heavy (non-hydrogen) atoms. The molecule has 0 N–H and O–H groups in total. The average Bonchev–Trinajstić information content (AvgIpc) is 2.63. The van der Waals surface area contributed by atoms with Gasteiger partial charge in [0.1, 0.15) is 5.60 Å². The lowest BCUT2D eigenvalue weighted by atomic mass is 10.2. The van der Waals surface area contributed by atoms with Crippen molar-refractivity contribution >= 4 is 29.8 Å². The smallest absolute Gasteiger partial charge is 0.303 e. The van der Waals surface area contributed by atoms with Crippen LogP contribution in [0.4, 0.5) is 0 Å². The molecule has 0 radical (unpaired) electrons. The van der Waals surface area contributed by atoms with Crippen molar-refractivity contribution in [1.82, 2.24) is 0 Å².